The Kier molecular flexibility index (Phi) is 4.26. The van der Waals surface area contributed by atoms with Gasteiger partial charge in [-0.15, -0.1) is 0 Å². The minimum absolute atomic E-state index is 0.465. The van der Waals surface area contributed by atoms with Crippen LogP contribution in [0.25, 0.3) is 0 Å². The van der Waals surface area contributed by atoms with Gasteiger partial charge in [-0.25, -0.2) is 0 Å². The van der Waals surface area contributed by atoms with Crippen molar-refractivity contribution in [2.24, 2.45) is 23.2 Å². The molecule has 2 fully saturated rings. The lowest BCUT2D eigenvalue weighted by Crippen LogP contribution is -2.53. The van der Waals surface area contributed by atoms with Crippen LogP contribution in [0.3, 0.4) is 0 Å². The van der Waals surface area contributed by atoms with Crippen LogP contribution in [0, 0.1) is 34.5 Å². The molecule has 0 bridgehead atoms. The van der Waals surface area contributed by atoms with E-state index in [0.717, 1.165) is 50.9 Å². The second-order valence-electron chi connectivity index (χ2n) is 7.27. The summed E-state index contributed by atoms with van der Waals surface area (Å²) in [6, 6.07) is 2.56. The van der Waals surface area contributed by atoms with Crippen molar-refractivity contribution in [3.05, 3.63) is 0 Å². The molecule has 0 saturated heterocycles. The van der Waals surface area contributed by atoms with E-state index in [0.29, 0.717) is 11.8 Å². The van der Waals surface area contributed by atoms with Crippen LogP contribution in [0.1, 0.15) is 72.1 Å². The van der Waals surface area contributed by atoms with Crippen molar-refractivity contribution in [2.75, 3.05) is 0 Å². The highest BCUT2D eigenvalue weighted by molar-refractivity contribution is 5.14. The van der Waals surface area contributed by atoms with Crippen LogP contribution < -0.4 is 0 Å². The van der Waals surface area contributed by atoms with E-state index in [4.69, 9.17) is 0 Å². The van der Waals surface area contributed by atoms with Crippen molar-refractivity contribution >= 4 is 0 Å². The van der Waals surface area contributed by atoms with E-state index in [1.54, 1.807) is 0 Å². The second-order valence-corrected chi connectivity index (χ2v) is 7.27. The fourth-order valence-corrected chi connectivity index (χ4v) is 4.28. The number of nitrogens with zero attached hydrogens (tertiary/aromatic N) is 1. The molecule has 0 heterocycles. The largest absolute Gasteiger partial charge is 0.388 e. The Bertz CT molecular complexity index is 351. The van der Waals surface area contributed by atoms with Gasteiger partial charge in [0.2, 0.25) is 0 Å². The molecule has 2 aliphatic carbocycles. The van der Waals surface area contributed by atoms with Gasteiger partial charge in [0.05, 0.1) is 17.1 Å². The van der Waals surface area contributed by atoms with Gasteiger partial charge in [0.15, 0.2) is 0 Å². The summed E-state index contributed by atoms with van der Waals surface area (Å²) in [5.41, 5.74) is -1.19. The maximum atomic E-state index is 11.2. The van der Waals surface area contributed by atoms with E-state index >= 15 is 0 Å². The third-order valence-electron chi connectivity index (χ3n) is 6.29. The van der Waals surface area contributed by atoms with E-state index < -0.39 is 11.0 Å². The van der Waals surface area contributed by atoms with Gasteiger partial charge in [-0.05, 0) is 62.7 Å². The quantitative estimate of drug-likeness (QED) is 0.808. The molecule has 0 aromatic heterocycles. The summed E-state index contributed by atoms with van der Waals surface area (Å²) in [5.74, 6) is 1.99. The Labute approximate surface area is 118 Å². The lowest BCUT2D eigenvalue weighted by Gasteiger charge is -2.51. The minimum atomic E-state index is -0.730. The standard InChI is InChI=1S/C17H29NO/c1-4-15-6-8-16(12-18,9-7-15)17(19)10-5-13(2)14(3)11-17/h13-15,19H,4-11H2,1-3H3. The molecule has 2 heteroatoms. The fourth-order valence-electron chi connectivity index (χ4n) is 4.28. The molecule has 0 spiro atoms. The smallest absolute Gasteiger partial charge is 0.0860 e. The van der Waals surface area contributed by atoms with Gasteiger partial charge < -0.3 is 5.11 Å². The highest BCUT2D eigenvalue weighted by atomic mass is 16.3. The van der Waals surface area contributed by atoms with E-state index in [1.165, 1.54) is 6.42 Å². The first kappa shape index (κ1) is 14.9. The van der Waals surface area contributed by atoms with E-state index in [9.17, 15) is 10.4 Å². The van der Waals surface area contributed by atoms with Crippen LogP contribution in [0.2, 0.25) is 0 Å². The van der Waals surface area contributed by atoms with E-state index in [2.05, 4.69) is 26.8 Å². The Morgan fingerprint density at radius 2 is 1.74 bits per heavy atom. The number of hydrogen-bond acceptors (Lipinski definition) is 2. The summed E-state index contributed by atoms with van der Waals surface area (Å²) in [6.45, 7) is 6.75. The SMILES string of the molecule is CCC1CCC(C#N)(C2(O)CCC(C)C(C)C2)CC1. The molecule has 1 N–H and O–H groups in total. The van der Waals surface area contributed by atoms with E-state index in [1.807, 2.05) is 0 Å². The molecule has 0 aromatic carbocycles. The van der Waals surface area contributed by atoms with Crippen LogP contribution in [-0.4, -0.2) is 10.7 Å². The van der Waals surface area contributed by atoms with Crippen LogP contribution in [0.4, 0.5) is 0 Å². The van der Waals surface area contributed by atoms with Gasteiger partial charge in [-0.2, -0.15) is 5.26 Å². The lowest BCUT2D eigenvalue weighted by atomic mass is 9.55. The molecular weight excluding hydrogens is 234 g/mol. The van der Waals surface area contributed by atoms with Crippen molar-refractivity contribution in [1.29, 1.82) is 5.26 Å². The zero-order valence-corrected chi connectivity index (χ0v) is 12.8. The van der Waals surface area contributed by atoms with Gasteiger partial charge >= 0.3 is 0 Å². The molecule has 19 heavy (non-hydrogen) atoms. The van der Waals surface area contributed by atoms with Crippen LogP contribution in [0.15, 0.2) is 0 Å². The average molecular weight is 263 g/mol. The monoisotopic (exact) mass is 263 g/mol. The number of aliphatic hydroxyl groups is 1. The summed E-state index contributed by atoms with van der Waals surface area (Å²) < 4.78 is 0. The summed E-state index contributed by atoms with van der Waals surface area (Å²) in [7, 11) is 0. The molecule has 3 atom stereocenters. The summed E-state index contributed by atoms with van der Waals surface area (Å²) in [6.07, 6.45) is 7.97. The van der Waals surface area contributed by atoms with Crippen LogP contribution >= 0.6 is 0 Å². The van der Waals surface area contributed by atoms with Gasteiger partial charge in [0.25, 0.3) is 0 Å². The molecule has 2 rings (SSSR count). The molecule has 0 radical (unpaired) electrons. The molecule has 0 amide bonds. The Morgan fingerprint density at radius 1 is 1.11 bits per heavy atom. The first-order valence-corrected chi connectivity index (χ1v) is 8.10. The summed E-state index contributed by atoms with van der Waals surface area (Å²) in [4.78, 5) is 0. The predicted molar refractivity (Wildman–Crippen MR) is 77.4 cm³/mol. The topological polar surface area (TPSA) is 44.0 Å². The molecule has 0 aromatic rings. The minimum Gasteiger partial charge on any atom is -0.388 e. The van der Waals surface area contributed by atoms with Gasteiger partial charge in [0, 0.05) is 0 Å². The number of nitriles is 1. The van der Waals surface area contributed by atoms with Crippen molar-refractivity contribution in [1.82, 2.24) is 0 Å². The first-order chi connectivity index (χ1) is 8.96. The lowest BCUT2D eigenvalue weighted by molar-refractivity contribution is -0.121. The Balaban J connectivity index is 2.15. The highest BCUT2D eigenvalue weighted by Gasteiger charge is 2.54. The van der Waals surface area contributed by atoms with Crippen LogP contribution in [-0.2, 0) is 0 Å². The van der Waals surface area contributed by atoms with Crippen molar-refractivity contribution in [3.8, 4) is 6.07 Å². The Morgan fingerprint density at radius 3 is 2.21 bits per heavy atom. The van der Waals surface area contributed by atoms with Gasteiger partial charge in [0.1, 0.15) is 0 Å². The van der Waals surface area contributed by atoms with Crippen molar-refractivity contribution < 1.29 is 5.11 Å². The third kappa shape index (κ3) is 2.55. The van der Waals surface area contributed by atoms with Crippen molar-refractivity contribution in [2.45, 2.75) is 77.7 Å². The highest BCUT2D eigenvalue weighted by Crippen LogP contribution is 2.53. The van der Waals surface area contributed by atoms with Crippen molar-refractivity contribution in [3.63, 3.8) is 0 Å². The second kappa shape index (κ2) is 5.44. The number of rotatable bonds is 2. The average Bonchev–Trinajstić information content (AvgIpc) is 2.43. The molecular formula is C17H29NO. The maximum absolute atomic E-state index is 11.2. The van der Waals surface area contributed by atoms with E-state index in [-0.39, 0.29) is 0 Å². The predicted octanol–water partition coefficient (Wildman–Crippen LogP) is 4.28. The zero-order chi connectivity index (χ0) is 14.1. The molecule has 2 aliphatic rings. The molecule has 0 aliphatic heterocycles. The Hall–Kier alpha value is -0.550. The molecule has 2 saturated carbocycles. The van der Waals surface area contributed by atoms with Gasteiger partial charge in [-0.1, -0.05) is 27.2 Å². The molecule has 108 valence electrons. The summed E-state index contributed by atoms with van der Waals surface area (Å²) >= 11 is 0. The summed E-state index contributed by atoms with van der Waals surface area (Å²) in [5, 5.41) is 20.9. The number of hydrogen-bond donors (Lipinski definition) is 1. The normalized spacial score (nSPS) is 47.6. The maximum Gasteiger partial charge on any atom is 0.0860 e. The fraction of sp³-hybridized carbons (Fsp3) is 0.941. The molecule has 3 unspecified atom stereocenters. The first-order valence-electron chi connectivity index (χ1n) is 8.10. The van der Waals surface area contributed by atoms with Crippen LogP contribution in [0.5, 0.6) is 0 Å². The molecule has 2 nitrogen and oxygen atoms in total. The van der Waals surface area contributed by atoms with Gasteiger partial charge in [-0.3, -0.25) is 0 Å². The third-order valence-corrected chi connectivity index (χ3v) is 6.29. The zero-order valence-electron chi connectivity index (χ0n) is 12.8.